The normalized spacial score (nSPS) is 11.9. The largest absolute Gasteiger partial charge is 0.469 e. The van der Waals surface area contributed by atoms with E-state index in [0.717, 1.165) is 11.1 Å². The molecule has 0 aliphatic heterocycles. The summed E-state index contributed by atoms with van der Waals surface area (Å²) >= 11 is 0. The van der Waals surface area contributed by atoms with E-state index in [-0.39, 0.29) is 17.6 Å². The monoisotopic (exact) mass is 237 g/mol. The molecule has 1 unspecified atom stereocenters. The number of nitro groups is 1. The smallest absolute Gasteiger partial charge is 0.308 e. The van der Waals surface area contributed by atoms with Gasteiger partial charge in [0, 0.05) is 12.1 Å². The zero-order chi connectivity index (χ0) is 13.0. The SMILES string of the molecule is COC(=O)C(C)Cc1ccc([N+](=O)[O-])cc1C. The fourth-order valence-electron chi connectivity index (χ4n) is 1.64. The van der Waals surface area contributed by atoms with Gasteiger partial charge in [-0.1, -0.05) is 13.0 Å². The van der Waals surface area contributed by atoms with E-state index < -0.39 is 4.92 Å². The Morgan fingerprint density at radius 2 is 2.18 bits per heavy atom. The highest BCUT2D eigenvalue weighted by Crippen LogP contribution is 2.20. The number of ether oxygens (including phenoxy) is 1. The predicted octanol–water partition coefficient (Wildman–Crippen LogP) is 2.25. The maximum Gasteiger partial charge on any atom is 0.308 e. The number of methoxy groups -OCH3 is 1. The van der Waals surface area contributed by atoms with Gasteiger partial charge in [0.15, 0.2) is 0 Å². The Kier molecular flexibility index (Phi) is 4.20. The molecule has 0 N–H and O–H groups in total. The van der Waals surface area contributed by atoms with E-state index in [4.69, 9.17) is 0 Å². The minimum atomic E-state index is -0.430. The number of non-ortho nitro benzene ring substituents is 1. The molecule has 0 aromatic heterocycles. The lowest BCUT2D eigenvalue weighted by Gasteiger charge is -2.10. The van der Waals surface area contributed by atoms with Gasteiger partial charge in [0.25, 0.3) is 5.69 Å². The lowest BCUT2D eigenvalue weighted by molar-refractivity contribution is -0.384. The van der Waals surface area contributed by atoms with Crippen LogP contribution in [0.25, 0.3) is 0 Å². The molecule has 0 amide bonds. The predicted molar refractivity (Wildman–Crippen MR) is 62.7 cm³/mol. The molecular weight excluding hydrogens is 222 g/mol. The van der Waals surface area contributed by atoms with E-state index in [2.05, 4.69) is 4.74 Å². The summed E-state index contributed by atoms with van der Waals surface area (Å²) in [4.78, 5) is 21.4. The van der Waals surface area contributed by atoms with Crippen LogP contribution in [0.2, 0.25) is 0 Å². The summed E-state index contributed by atoms with van der Waals surface area (Å²) in [5.41, 5.74) is 1.81. The summed E-state index contributed by atoms with van der Waals surface area (Å²) < 4.78 is 4.64. The fraction of sp³-hybridized carbons (Fsp3) is 0.417. The van der Waals surface area contributed by atoms with Gasteiger partial charge in [-0.2, -0.15) is 0 Å². The highest BCUT2D eigenvalue weighted by Gasteiger charge is 2.16. The van der Waals surface area contributed by atoms with Crippen LogP contribution in [-0.4, -0.2) is 18.0 Å². The van der Waals surface area contributed by atoms with E-state index in [1.54, 1.807) is 19.9 Å². The van der Waals surface area contributed by atoms with Gasteiger partial charge in [-0.15, -0.1) is 0 Å². The number of hydrogen-bond acceptors (Lipinski definition) is 4. The van der Waals surface area contributed by atoms with E-state index in [1.165, 1.54) is 19.2 Å². The zero-order valence-corrected chi connectivity index (χ0v) is 10.1. The summed E-state index contributed by atoms with van der Waals surface area (Å²) in [6.07, 6.45) is 0.524. The van der Waals surface area contributed by atoms with E-state index >= 15 is 0 Å². The van der Waals surface area contributed by atoms with Crippen LogP contribution in [0, 0.1) is 23.0 Å². The van der Waals surface area contributed by atoms with Crippen molar-refractivity contribution in [2.45, 2.75) is 20.3 Å². The van der Waals surface area contributed by atoms with Crippen LogP contribution in [0.4, 0.5) is 5.69 Å². The molecule has 0 bridgehead atoms. The van der Waals surface area contributed by atoms with Crippen molar-refractivity contribution < 1.29 is 14.5 Å². The molecule has 0 heterocycles. The van der Waals surface area contributed by atoms with Crippen molar-refractivity contribution in [1.82, 2.24) is 0 Å². The van der Waals surface area contributed by atoms with Gasteiger partial charge in [-0.3, -0.25) is 14.9 Å². The van der Waals surface area contributed by atoms with Crippen LogP contribution in [0.3, 0.4) is 0 Å². The van der Waals surface area contributed by atoms with Gasteiger partial charge in [0.05, 0.1) is 18.0 Å². The van der Waals surface area contributed by atoms with Crippen LogP contribution in [0.15, 0.2) is 18.2 Å². The van der Waals surface area contributed by atoms with Gasteiger partial charge >= 0.3 is 5.97 Å². The second-order valence-electron chi connectivity index (χ2n) is 4.00. The fourth-order valence-corrected chi connectivity index (χ4v) is 1.64. The first kappa shape index (κ1) is 13.2. The van der Waals surface area contributed by atoms with Crippen molar-refractivity contribution >= 4 is 11.7 Å². The molecule has 5 heteroatoms. The summed E-state index contributed by atoms with van der Waals surface area (Å²) in [6, 6.07) is 4.65. The molecule has 5 nitrogen and oxygen atoms in total. The molecule has 0 aliphatic rings. The van der Waals surface area contributed by atoms with Crippen LogP contribution < -0.4 is 0 Å². The van der Waals surface area contributed by atoms with Crippen molar-refractivity contribution in [3.63, 3.8) is 0 Å². The van der Waals surface area contributed by atoms with E-state index in [9.17, 15) is 14.9 Å². The number of esters is 1. The molecule has 0 aliphatic carbocycles. The minimum Gasteiger partial charge on any atom is -0.469 e. The Bertz CT molecular complexity index is 442. The number of benzene rings is 1. The molecule has 0 saturated carbocycles. The standard InChI is InChI=1S/C12H15NO4/c1-8-7-11(13(15)16)5-4-10(8)6-9(2)12(14)17-3/h4-5,7,9H,6H2,1-3H3. The van der Waals surface area contributed by atoms with Gasteiger partial charge in [-0.05, 0) is 24.5 Å². The van der Waals surface area contributed by atoms with Crippen LogP contribution >= 0.6 is 0 Å². The number of rotatable bonds is 4. The Morgan fingerprint density at radius 3 is 2.65 bits per heavy atom. The topological polar surface area (TPSA) is 69.4 Å². The second-order valence-corrected chi connectivity index (χ2v) is 4.00. The molecule has 1 aromatic carbocycles. The van der Waals surface area contributed by atoms with Gasteiger partial charge in [-0.25, -0.2) is 0 Å². The molecule has 1 aromatic rings. The summed E-state index contributed by atoms with van der Waals surface area (Å²) in [7, 11) is 1.35. The van der Waals surface area contributed by atoms with E-state index in [1.807, 2.05) is 0 Å². The molecule has 0 radical (unpaired) electrons. The quantitative estimate of drug-likeness (QED) is 0.457. The van der Waals surface area contributed by atoms with E-state index in [0.29, 0.717) is 6.42 Å². The second kappa shape index (κ2) is 5.43. The van der Waals surface area contributed by atoms with Crippen LogP contribution in [0.1, 0.15) is 18.1 Å². The molecule has 1 rings (SSSR count). The summed E-state index contributed by atoms with van der Waals surface area (Å²) in [5, 5.41) is 10.6. The number of nitrogens with zero attached hydrogens (tertiary/aromatic N) is 1. The molecule has 1 atom stereocenters. The third kappa shape index (κ3) is 3.27. The van der Waals surface area contributed by atoms with Crippen molar-refractivity contribution in [3.8, 4) is 0 Å². The van der Waals surface area contributed by atoms with Crippen molar-refractivity contribution in [2.24, 2.45) is 5.92 Å². The Balaban J connectivity index is 2.86. The lowest BCUT2D eigenvalue weighted by atomic mass is 9.97. The maximum atomic E-state index is 11.3. The van der Waals surface area contributed by atoms with Crippen LogP contribution in [-0.2, 0) is 16.0 Å². The minimum absolute atomic E-state index is 0.0666. The van der Waals surface area contributed by atoms with Crippen LogP contribution in [0.5, 0.6) is 0 Å². The number of hydrogen-bond donors (Lipinski definition) is 0. The maximum absolute atomic E-state index is 11.3. The van der Waals surface area contributed by atoms with Gasteiger partial charge in [0.1, 0.15) is 0 Å². The first-order chi connectivity index (χ1) is 7.95. The summed E-state index contributed by atoms with van der Waals surface area (Å²) in [5.74, 6) is -0.525. The van der Waals surface area contributed by atoms with Crippen molar-refractivity contribution in [3.05, 3.63) is 39.4 Å². The number of carbonyl (C=O) groups excluding carboxylic acids is 1. The molecule has 0 spiro atoms. The zero-order valence-electron chi connectivity index (χ0n) is 10.1. The van der Waals surface area contributed by atoms with Gasteiger partial charge in [0.2, 0.25) is 0 Å². The number of nitro benzene ring substituents is 1. The molecule has 17 heavy (non-hydrogen) atoms. The Labute approximate surface area is 99.5 Å². The first-order valence-corrected chi connectivity index (χ1v) is 5.27. The first-order valence-electron chi connectivity index (χ1n) is 5.27. The average molecular weight is 237 g/mol. The average Bonchev–Trinajstić information content (AvgIpc) is 2.30. The highest BCUT2D eigenvalue weighted by molar-refractivity contribution is 5.72. The van der Waals surface area contributed by atoms with Gasteiger partial charge < -0.3 is 4.74 Å². The third-order valence-electron chi connectivity index (χ3n) is 2.67. The Hall–Kier alpha value is -1.91. The lowest BCUT2D eigenvalue weighted by Crippen LogP contribution is -2.15. The van der Waals surface area contributed by atoms with Crippen molar-refractivity contribution in [1.29, 1.82) is 0 Å². The highest BCUT2D eigenvalue weighted by atomic mass is 16.6. The molecule has 0 saturated heterocycles. The van der Waals surface area contributed by atoms with Crippen molar-refractivity contribution in [2.75, 3.05) is 7.11 Å². The molecule has 92 valence electrons. The molecule has 0 fully saturated rings. The number of carbonyl (C=O) groups is 1. The Morgan fingerprint density at radius 1 is 1.53 bits per heavy atom. The number of aryl methyl sites for hydroxylation is 1. The summed E-state index contributed by atoms with van der Waals surface area (Å²) in [6.45, 7) is 3.57. The molecular formula is C12H15NO4. The third-order valence-corrected chi connectivity index (χ3v) is 2.67.